The van der Waals surface area contributed by atoms with Crippen LogP contribution in [0.25, 0.3) is 0 Å². The van der Waals surface area contributed by atoms with Crippen LogP contribution in [0.5, 0.6) is 5.75 Å². The molecule has 0 saturated carbocycles. The number of nitrogen functional groups attached to an aromatic ring is 1. The Bertz CT molecular complexity index is 599. The number of benzene rings is 1. The third-order valence-corrected chi connectivity index (χ3v) is 3.64. The summed E-state index contributed by atoms with van der Waals surface area (Å²) >= 11 is 0. The van der Waals surface area contributed by atoms with E-state index in [4.69, 9.17) is 10.5 Å². The van der Waals surface area contributed by atoms with Crippen molar-refractivity contribution in [1.82, 2.24) is 14.5 Å². The van der Waals surface area contributed by atoms with E-state index in [0.29, 0.717) is 18.0 Å². The molecular weight excluding hydrogens is 268 g/mol. The zero-order chi connectivity index (χ0) is 14.7. The predicted octanol–water partition coefficient (Wildman–Crippen LogP) is 0.721. The molecule has 1 unspecified atom stereocenters. The summed E-state index contributed by atoms with van der Waals surface area (Å²) in [6.07, 6.45) is 3.26. The number of rotatable bonds is 5. The number of hydrogen-bond donors (Lipinski definition) is 2. The van der Waals surface area contributed by atoms with E-state index in [1.165, 1.54) is 0 Å². The summed E-state index contributed by atoms with van der Waals surface area (Å²) in [5, 5.41) is 10.1. The van der Waals surface area contributed by atoms with Crippen LogP contribution < -0.4 is 10.5 Å². The molecule has 21 heavy (non-hydrogen) atoms. The molecule has 6 heteroatoms. The Hall–Kier alpha value is -2.05. The molecule has 0 spiro atoms. The first-order chi connectivity index (χ1) is 10.2. The fraction of sp³-hybridized carbons (Fsp3) is 0.400. The van der Waals surface area contributed by atoms with Gasteiger partial charge in [0.25, 0.3) is 0 Å². The summed E-state index contributed by atoms with van der Waals surface area (Å²) in [4.78, 5) is 6.50. The maximum Gasteiger partial charge on any atom is 0.142 e. The summed E-state index contributed by atoms with van der Waals surface area (Å²) in [5.41, 5.74) is 6.39. The average molecular weight is 288 g/mol. The minimum atomic E-state index is -0.550. The molecule has 0 fully saturated rings. The van der Waals surface area contributed by atoms with Gasteiger partial charge in [-0.2, -0.15) is 0 Å². The second-order valence-corrected chi connectivity index (χ2v) is 5.27. The number of aromatic nitrogens is 2. The maximum absolute atomic E-state index is 10.1. The van der Waals surface area contributed by atoms with Crippen molar-refractivity contribution in [2.75, 3.05) is 25.4 Å². The standard InChI is InChI=1S/C15H20N4O2/c16-13-3-1-2-4-14(13)21-11-12(20)9-18-7-8-19-6-5-17-15(19)10-18/h1-6,12,20H,7-11,16H2. The molecule has 112 valence electrons. The molecule has 3 N–H and O–H groups in total. The summed E-state index contributed by atoms with van der Waals surface area (Å²) in [5.74, 6) is 1.66. The third kappa shape index (κ3) is 3.34. The highest BCUT2D eigenvalue weighted by Gasteiger charge is 2.19. The topological polar surface area (TPSA) is 76.5 Å². The zero-order valence-electron chi connectivity index (χ0n) is 11.9. The van der Waals surface area contributed by atoms with Crippen LogP contribution in [0.2, 0.25) is 0 Å². The number of para-hydroxylation sites is 2. The zero-order valence-corrected chi connectivity index (χ0v) is 11.9. The first-order valence-corrected chi connectivity index (χ1v) is 7.10. The molecule has 0 bridgehead atoms. The van der Waals surface area contributed by atoms with E-state index in [1.54, 1.807) is 12.1 Å². The van der Waals surface area contributed by atoms with Gasteiger partial charge in [-0.1, -0.05) is 12.1 Å². The number of aliphatic hydroxyl groups is 1. The Morgan fingerprint density at radius 1 is 1.33 bits per heavy atom. The van der Waals surface area contributed by atoms with Gasteiger partial charge in [0.1, 0.15) is 24.3 Å². The smallest absolute Gasteiger partial charge is 0.142 e. The van der Waals surface area contributed by atoms with Gasteiger partial charge in [0, 0.05) is 32.0 Å². The van der Waals surface area contributed by atoms with E-state index in [2.05, 4.69) is 14.5 Å². The summed E-state index contributed by atoms with van der Waals surface area (Å²) in [7, 11) is 0. The molecule has 3 rings (SSSR count). The van der Waals surface area contributed by atoms with Crippen molar-refractivity contribution in [3.8, 4) is 5.75 Å². The molecule has 1 aromatic heterocycles. The molecule has 1 atom stereocenters. The average Bonchev–Trinajstić information content (AvgIpc) is 2.94. The third-order valence-electron chi connectivity index (χ3n) is 3.64. The van der Waals surface area contributed by atoms with Gasteiger partial charge < -0.3 is 20.1 Å². The van der Waals surface area contributed by atoms with Crippen molar-refractivity contribution in [3.63, 3.8) is 0 Å². The number of aliphatic hydroxyl groups excluding tert-OH is 1. The van der Waals surface area contributed by atoms with Crippen LogP contribution in [0.3, 0.4) is 0 Å². The molecule has 6 nitrogen and oxygen atoms in total. The largest absolute Gasteiger partial charge is 0.489 e. The van der Waals surface area contributed by atoms with E-state index < -0.39 is 6.10 Å². The first kappa shape index (κ1) is 13.9. The number of ether oxygens (including phenoxy) is 1. The van der Waals surface area contributed by atoms with Crippen LogP contribution in [0.1, 0.15) is 5.82 Å². The highest BCUT2D eigenvalue weighted by molar-refractivity contribution is 5.51. The maximum atomic E-state index is 10.1. The molecule has 0 amide bonds. The van der Waals surface area contributed by atoms with Gasteiger partial charge in [0.05, 0.1) is 12.2 Å². The van der Waals surface area contributed by atoms with Gasteiger partial charge in [0.2, 0.25) is 0 Å². The molecular formula is C15H20N4O2. The lowest BCUT2D eigenvalue weighted by Gasteiger charge is -2.29. The highest BCUT2D eigenvalue weighted by atomic mass is 16.5. The van der Waals surface area contributed by atoms with Crippen LogP contribution in [-0.4, -0.2) is 45.4 Å². The van der Waals surface area contributed by atoms with Crippen LogP contribution in [-0.2, 0) is 13.1 Å². The molecule has 1 aliphatic rings. The SMILES string of the molecule is Nc1ccccc1OCC(O)CN1CCn2ccnc2C1. The molecule has 2 heterocycles. The minimum absolute atomic E-state index is 0.235. The number of hydrogen-bond acceptors (Lipinski definition) is 5. The van der Waals surface area contributed by atoms with Crippen molar-refractivity contribution in [1.29, 1.82) is 0 Å². The Balaban J connectivity index is 1.49. The number of β-amino-alcohol motifs (C(OH)–C–C–N with tert-alkyl or cyclic N) is 1. The Morgan fingerprint density at radius 3 is 3.05 bits per heavy atom. The molecule has 1 aromatic carbocycles. The van der Waals surface area contributed by atoms with E-state index in [-0.39, 0.29) is 6.61 Å². The van der Waals surface area contributed by atoms with Gasteiger partial charge in [-0.3, -0.25) is 4.90 Å². The van der Waals surface area contributed by atoms with E-state index in [0.717, 1.165) is 25.5 Å². The number of imidazole rings is 1. The monoisotopic (exact) mass is 288 g/mol. The Kier molecular flexibility index (Phi) is 4.08. The van der Waals surface area contributed by atoms with Crippen molar-refractivity contribution >= 4 is 5.69 Å². The minimum Gasteiger partial charge on any atom is -0.489 e. The van der Waals surface area contributed by atoms with Crippen LogP contribution >= 0.6 is 0 Å². The number of anilines is 1. The number of fused-ring (bicyclic) bond motifs is 1. The number of nitrogens with zero attached hydrogens (tertiary/aromatic N) is 3. The van der Waals surface area contributed by atoms with Gasteiger partial charge in [-0.15, -0.1) is 0 Å². The van der Waals surface area contributed by atoms with E-state index in [1.807, 2.05) is 24.5 Å². The van der Waals surface area contributed by atoms with Gasteiger partial charge >= 0.3 is 0 Å². The molecule has 0 aliphatic carbocycles. The number of nitrogens with two attached hydrogens (primary N) is 1. The fourth-order valence-electron chi connectivity index (χ4n) is 2.53. The highest BCUT2D eigenvalue weighted by Crippen LogP contribution is 2.20. The van der Waals surface area contributed by atoms with Gasteiger partial charge in [-0.05, 0) is 12.1 Å². The van der Waals surface area contributed by atoms with Gasteiger partial charge in [-0.25, -0.2) is 4.98 Å². The quantitative estimate of drug-likeness (QED) is 0.793. The first-order valence-electron chi connectivity index (χ1n) is 7.10. The van der Waals surface area contributed by atoms with Crippen molar-refractivity contribution in [2.45, 2.75) is 19.2 Å². The molecule has 0 saturated heterocycles. The summed E-state index contributed by atoms with van der Waals surface area (Å²) in [6, 6.07) is 7.31. The Morgan fingerprint density at radius 2 is 2.19 bits per heavy atom. The van der Waals surface area contributed by atoms with Crippen LogP contribution in [0.15, 0.2) is 36.7 Å². The van der Waals surface area contributed by atoms with Crippen LogP contribution in [0.4, 0.5) is 5.69 Å². The summed E-state index contributed by atoms with van der Waals surface area (Å²) in [6.45, 7) is 3.39. The summed E-state index contributed by atoms with van der Waals surface area (Å²) < 4.78 is 7.71. The van der Waals surface area contributed by atoms with Gasteiger partial charge in [0.15, 0.2) is 0 Å². The fourth-order valence-corrected chi connectivity index (χ4v) is 2.53. The second kappa shape index (κ2) is 6.15. The van der Waals surface area contributed by atoms with E-state index >= 15 is 0 Å². The predicted molar refractivity (Wildman–Crippen MR) is 79.9 cm³/mol. The van der Waals surface area contributed by atoms with Crippen molar-refractivity contribution in [2.24, 2.45) is 0 Å². The molecule has 1 aliphatic heterocycles. The lowest BCUT2D eigenvalue weighted by molar-refractivity contribution is 0.0586. The van der Waals surface area contributed by atoms with Crippen molar-refractivity contribution in [3.05, 3.63) is 42.5 Å². The van der Waals surface area contributed by atoms with Crippen molar-refractivity contribution < 1.29 is 9.84 Å². The van der Waals surface area contributed by atoms with E-state index in [9.17, 15) is 5.11 Å². The second-order valence-electron chi connectivity index (χ2n) is 5.27. The van der Waals surface area contributed by atoms with Crippen LogP contribution in [0, 0.1) is 0 Å². The lowest BCUT2D eigenvalue weighted by Crippen LogP contribution is -2.40. The molecule has 2 aromatic rings. The lowest BCUT2D eigenvalue weighted by atomic mass is 10.3. The Labute approximate surface area is 123 Å². The molecule has 0 radical (unpaired) electrons. The normalized spacial score (nSPS) is 16.4.